The van der Waals surface area contributed by atoms with Crippen molar-refractivity contribution in [3.63, 3.8) is 0 Å². The van der Waals surface area contributed by atoms with Gasteiger partial charge in [-0.05, 0) is 55.2 Å². The molecule has 19 heavy (non-hydrogen) atoms. The van der Waals surface area contributed by atoms with Crippen molar-refractivity contribution in [2.24, 2.45) is 17.8 Å². The molecule has 0 saturated heterocycles. The predicted octanol–water partition coefficient (Wildman–Crippen LogP) is 3.09. The third-order valence-corrected chi connectivity index (χ3v) is 4.90. The van der Waals surface area contributed by atoms with Gasteiger partial charge in [-0.2, -0.15) is 0 Å². The van der Waals surface area contributed by atoms with Crippen molar-refractivity contribution < 1.29 is 4.79 Å². The van der Waals surface area contributed by atoms with E-state index in [1.807, 2.05) is 0 Å². The molecule has 3 rings (SSSR count). The number of carbonyl (C=O) groups is 1. The minimum atomic E-state index is -0.109. The monoisotopic (exact) mass is 278 g/mol. The third-order valence-electron chi connectivity index (χ3n) is 4.67. The molecular formula is C15H19ClN2O. The summed E-state index contributed by atoms with van der Waals surface area (Å²) in [6, 6.07) is 5.01. The van der Waals surface area contributed by atoms with Gasteiger partial charge >= 0.3 is 0 Å². The van der Waals surface area contributed by atoms with Crippen LogP contribution in [-0.4, -0.2) is 12.5 Å². The highest BCUT2D eigenvalue weighted by atomic mass is 35.5. The number of anilines is 1. The van der Waals surface area contributed by atoms with Gasteiger partial charge in [0.1, 0.15) is 0 Å². The Hall–Kier alpha value is -1.22. The van der Waals surface area contributed by atoms with E-state index < -0.39 is 0 Å². The van der Waals surface area contributed by atoms with Gasteiger partial charge in [0, 0.05) is 17.3 Å². The molecule has 0 spiro atoms. The first-order chi connectivity index (χ1) is 9.13. The summed E-state index contributed by atoms with van der Waals surface area (Å²) in [4.78, 5) is 12.1. The van der Waals surface area contributed by atoms with Crippen LogP contribution in [0.1, 0.15) is 36.0 Å². The van der Waals surface area contributed by atoms with Crippen LogP contribution in [-0.2, 0) is 0 Å². The highest BCUT2D eigenvalue weighted by molar-refractivity contribution is 6.31. The van der Waals surface area contributed by atoms with E-state index in [0.717, 1.165) is 18.4 Å². The Morgan fingerprint density at radius 3 is 2.89 bits per heavy atom. The van der Waals surface area contributed by atoms with E-state index in [-0.39, 0.29) is 5.91 Å². The summed E-state index contributed by atoms with van der Waals surface area (Å²) >= 11 is 5.90. The van der Waals surface area contributed by atoms with Crippen LogP contribution in [0.25, 0.3) is 0 Å². The molecule has 0 aliphatic heterocycles. The lowest BCUT2D eigenvalue weighted by atomic mass is 9.89. The molecule has 3 atom stereocenters. The molecule has 3 nitrogen and oxygen atoms in total. The first kappa shape index (κ1) is 12.8. The zero-order chi connectivity index (χ0) is 13.4. The Labute approximate surface area is 118 Å². The summed E-state index contributed by atoms with van der Waals surface area (Å²) in [6.07, 6.45) is 5.36. The number of fused-ring (bicyclic) bond motifs is 2. The Bertz CT molecular complexity index is 503. The van der Waals surface area contributed by atoms with Crippen LogP contribution >= 0.6 is 11.6 Å². The molecule has 0 heterocycles. The lowest BCUT2D eigenvalue weighted by Gasteiger charge is -2.22. The number of amides is 1. The average molecular weight is 279 g/mol. The molecule has 2 aliphatic rings. The fourth-order valence-corrected chi connectivity index (χ4v) is 3.84. The van der Waals surface area contributed by atoms with Crippen molar-refractivity contribution in [2.75, 3.05) is 12.3 Å². The Kier molecular flexibility index (Phi) is 3.40. The van der Waals surface area contributed by atoms with Crippen molar-refractivity contribution >= 4 is 23.2 Å². The van der Waals surface area contributed by atoms with Gasteiger partial charge in [0.15, 0.2) is 0 Å². The minimum absolute atomic E-state index is 0.109. The Balaban J connectivity index is 1.61. The number of hydrogen-bond acceptors (Lipinski definition) is 2. The maximum absolute atomic E-state index is 12.1. The quantitative estimate of drug-likeness (QED) is 0.835. The van der Waals surface area contributed by atoms with Crippen molar-refractivity contribution in [1.82, 2.24) is 5.32 Å². The van der Waals surface area contributed by atoms with Gasteiger partial charge < -0.3 is 11.1 Å². The van der Waals surface area contributed by atoms with E-state index >= 15 is 0 Å². The number of nitrogens with two attached hydrogens (primary N) is 1. The SMILES string of the molecule is Nc1ccc(Cl)cc1C(=O)NCC1CC2CCC1C2. The van der Waals surface area contributed by atoms with Gasteiger partial charge in [-0.1, -0.05) is 18.0 Å². The van der Waals surface area contributed by atoms with E-state index in [9.17, 15) is 4.79 Å². The predicted molar refractivity (Wildman–Crippen MR) is 77.1 cm³/mol. The zero-order valence-corrected chi connectivity index (χ0v) is 11.6. The number of benzene rings is 1. The number of halogens is 1. The maximum atomic E-state index is 12.1. The van der Waals surface area contributed by atoms with Crippen LogP contribution < -0.4 is 11.1 Å². The molecule has 2 saturated carbocycles. The molecule has 1 aromatic rings. The molecule has 0 aromatic heterocycles. The molecule has 1 amide bonds. The molecule has 4 heteroatoms. The summed E-state index contributed by atoms with van der Waals surface area (Å²) in [5, 5.41) is 3.56. The van der Waals surface area contributed by atoms with E-state index in [4.69, 9.17) is 17.3 Å². The Morgan fingerprint density at radius 1 is 1.37 bits per heavy atom. The van der Waals surface area contributed by atoms with Crippen LogP contribution in [0, 0.1) is 17.8 Å². The molecule has 0 radical (unpaired) electrons. The Morgan fingerprint density at radius 2 is 2.21 bits per heavy atom. The van der Waals surface area contributed by atoms with Crippen molar-refractivity contribution in [1.29, 1.82) is 0 Å². The summed E-state index contributed by atoms with van der Waals surface area (Å²) in [5.41, 5.74) is 6.78. The molecule has 2 bridgehead atoms. The molecule has 3 N–H and O–H groups in total. The van der Waals surface area contributed by atoms with Crippen LogP contribution in [0.5, 0.6) is 0 Å². The second-order valence-electron chi connectivity index (χ2n) is 5.88. The standard InChI is InChI=1S/C15H19ClN2O/c16-12-3-4-14(17)13(7-12)15(19)18-8-11-6-9-1-2-10(11)5-9/h3-4,7,9-11H,1-2,5-6,8,17H2,(H,18,19). The highest BCUT2D eigenvalue weighted by Gasteiger charge is 2.39. The fourth-order valence-electron chi connectivity index (χ4n) is 3.67. The number of hydrogen-bond donors (Lipinski definition) is 2. The average Bonchev–Trinajstić information content (AvgIpc) is 3.01. The van der Waals surface area contributed by atoms with Crippen LogP contribution in [0.4, 0.5) is 5.69 Å². The van der Waals surface area contributed by atoms with Gasteiger partial charge in [0.05, 0.1) is 5.56 Å². The summed E-state index contributed by atoms with van der Waals surface area (Å²) in [5.74, 6) is 2.27. The van der Waals surface area contributed by atoms with Crippen molar-refractivity contribution in [3.05, 3.63) is 28.8 Å². The second-order valence-corrected chi connectivity index (χ2v) is 6.31. The summed E-state index contributed by atoms with van der Waals surface area (Å²) < 4.78 is 0. The zero-order valence-electron chi connectivity index (χ0n) is 10.9. The van der Waals surface area contributed by atoms with Crippen LogP contribution in [0.2, 0.25) is 5.02 Å². The molecular weight excluding hydrogens is 260 g/mol. The topological polar surface area (TPSA) is 55.1 Å². The van der Waals surface area contributed by atoms with Gasteiger partial charge in [0.2, 0.25) is 0 Å². The minimum Gasteiger partial charge on any atom is -0.398 e. The van der Waals surface area contributed by atoms with Crippen molar-refractivity contribution in [3.8, 4) is 0 Å². The third kappa shape index (κ3) is 2.57. The lowest BCUT2D eigenvalue weighted by molar-refractivity contribution is 0.0942. The lowest BCUT2D eigenvalue weighted by Crippen LogP contribution is -2.32. The van der Waals surface area contributed by atoms with Gasteiger partial charge in [-0.3, -0.25) is 4.79 Å². The smallest absolute Gasteiger partial charge is 0.253 e. The largest absolute Gasteiger partial charge is 0.398 e. The molecule has 3 unspecified atom stereocenters. The summed E-state index contributed by atoms with van der Waals surface area (Å²) in [6.45, 7) is 0.770. The summed E-state index contributed by atoms with van der Waals surface area (Å²) in [7, 11) is 0. The van der Waals surface area contributed by atoms with E-state index in [1.165, 1.54) is 25.7 Å². The first-order valence-corrected chi connectivity index (χ1v) is 7.34. The van der Waals surface area contributed by atoms with E-state index in [1.54, 1.807) is 18.2 Å². The van der Waals surface area contributed by atoms with Crippen LogP contribution in [0.15, 0.2) is 18.2 Å². The van der Waals surface area contributed by atoms with Crippen molar-refractivity contribution in [2.45, 2.75) is 25.7 Å². The van der Waals surface area contributed by atoms with E-state index in [2.05, 4.69) is 5.32 Å². The number of carbonyl (C=O) groups excluding carboxylic acids is 1. The molecule has 1 aromatic carbocycles. The molecule has 2 fully saturated rings. The maximum Gasteiger partial charge on any atom is 0.253 e. The number of nitrogen functional groups attached to an aromatic ring is 1. The van der Waals surface area contributed by atoms with Gasteiger partial charge in [-0.15, -0.1) is 0 Å². The first-order valence-electron chi connectivity index (χ1n) is 6.96. The van der Waals surface area contributed by atoms with Gasteiger partial charge in [0.25, 0.3) is 5.91 Å². The highest BCUT2D eigenvalue weighted by Crippen LogP contribution is 2.47. The number of nitrogens with one attached hydrogen (secondary N) is 1. The number of rotatable bonds is 3. The fraction of sp³-hybridized carbons (Fsp3) is 0.533. The second kappa shape index (κ2) is 5.04. The molecule has 2 aliphatic carbocycles. The van der Waals surface area contributed by atoms with Gasteiger partial charge in [-0.25, -0.2) is 0 Å². The normalized spacial score (nSPS) is 28.6. The molecule has 102 valence electrons. The van der Waals surface area contributed by atoms with E-state index in [0.29, 0.717) is 22.2 Å². The van der Waals surface area contributed by atoms with Crippen LogP contribution in [0.3, 0.4) is 0 Å².